The molecule has 3 heteroatoms. The average molecular weight is 212 g/mol. The third-order valence-electron chi connectivity index (χ3n) is 4.62. The summed E-state index contributed by atoms with van der Waals surface area (Å²) < 4.78 is 5.70. The fourth-order valence-electron chi connectivity index (χ4n) is 4.77. The molecule has 74 valence electrons. The van der Waals surface area contributed by atoms with Crippen molar-refractivity contribution >= 4 is 20.2 Å². The first-order valence-corrected chi connectivity index (χ1v) is 7.89. The molecule has 0 spiro atoms. The first-order valence-electron chi connectivity index (χ1n) is 5.79. The van der Waals surface area contributed by atoms with Crippen LogP contribution < -0.4 is 0 Å². The van der Waals surface area contributed by atoms with Crippen molar-refractivity contribution in [2.24, 2.45) is 17.8 Å². The zero-order valence-corrected chi connectivity index (χ0v) is 12.0. The Kier molecular flexibility index (Phi) is 1.96. The molecule has 0 aromatic rings. The van der Waals surface area contributed by atoms with Crippen molar-refractivity contribution in [2.45, 2.75) is 43.6 Å². The maximum Gasteiger partial charge on any atom is 0.151 e. The summed E-state index contributed by atoms with van der Waals surface area (Å²) in [6.45, 7) is 0. The largest absolute Gasteiger partial charge is 0.468 e. The molecule has 4 fully saturated rings. The number of hydrogen-bond donors (Lipinski definition) is 0. The third-order valence-corrected chi connectivity index (χ3v) is 7.25. The van der Waals surface area contributed by atoms with Gasteiger partial charge in [-0.1, -0.05) is 0 Å². The molecule has 4 aliphatic carbocycles. The Hall–Kier alpha value is 0.394. The highest BCUT2D eigenvalue weighted by molar-refractivity contribution is 6.38. The van der Waals surface area contributed by atoms with Gasteiger partial charge in [0.05, 0.1) is 0 Å². The lowest BCUT2D eigenvalue weighted by molar-refractivity contribution is 0.0251. The molecule has 4 aliphatic rings. The van der Waals surface area contributed by atoms with Gasteiger partial charge in [-0.25, -0.2) is 0 Å². The van der Waals surface area contributed by atoms with Crippen molar-refractivity contribution in [1.29, 1.82) is 0 Å². The second kappa shape index (κ2) is 2.94. The van der Waals surface area contributed by atoms with Crippen LogP contribution in [0.2, 0.25) is 5.04 Å². The molecule has 0 heterocycles. The van der Waals surface area contributed by atoms with E-state index >= 15 is 0 Å². The van der Waals surface area contributed by atoms with Crippen LogP contribution >= 0.6 is 0 Å². The van der Waals surface area contributed by atoms with E-state index in [9.17, 15) is 0 Å². The van der Waals surface area contributed by atoms with Crippen LogP contribution in [0.4, 0.5) is 0 Å². The molecular formula is C10H20OSi2. The minimum Gasteiger partial charge on any atom is -0.468 e. The molecular weight excluding hydrogens is 192 g/mol. The molecule has 0 saturated heterocycles. The Morgan fingerprint density at radius 2 is 1.46 bits per heavy atom. The zero-order chi connectivity index (χ0) is 8.89. The van der Waals surface area contributed by atoms with Crippen molar-refractivity contribution in [1.82, 2.24) is 0 Å². The fraction of sp³-hybridized carbons (Fsp3) is 1.00. The molecule has 0 atom stereocenters. The molecule has 1 nitrogen and oxygen atoms in total. The van der Waals surface area contributed by atoms with E-state index in [2.05, 4.69) is 0 Å². The molecule has 13 heavy (non-hydrogen) atoms. The van der Waals surface area contributed by atoms with Crippen molar-refractivity contribution < 1.29 is 4.12 Å². The zero-order valence-electron chi connectivity index (χ0n) is 8.59. The van der Waals surface area contributed by atoms with Gasteiger partial charge in [0, 0.05) is 0 Å². The summed E-state index contributed by atoms with van der Waals surface area (Å²) in [5, 5.41) is 0.802. The van der Waals surface area contributed by atoms with Gasteiger partial charge in [-0.15, -0.1) is 0 Å². The summed E-state index contributed by atoms with van der Waals surface area (Å²) in [6, 6.07) is 0. The summed E-state index contributed by atoms with van der Waals surface area (Å²) >= 11 is 0. The number of hydrogen-bond acceptors (Lipinski definition) is 1. The Labute approximate surface area is 86.1 Å². The molecule has 0 aromatic carbocycles. The third kappa shape index (κ3) is 1.36. The summed E-state index contributed by atoms with van der Waals surface area (Å²) in [4.78, 5) is 0. The molecule has 0 unspecified atom stereocenters. The van der Waals surface area contributed by atoms with Crippen molar-refractivity contribution in [3.63, 3.8) is 0 Å². The highest BCUT2D eigenvalue weighted by atomic mass is 28.3. The lowest BCUT2D eigenvalue weighted by Crippen LogP contribution is -2.45. The molecule has 0 radical (unpaired) electrons. The second-order valence-corrected chi connectivity index (χ2v) is 9.95. The Balaban J connectivity index is 1.83. The van der Waals surface area contributed by atoms with E-state index in [0.29, 0.717) is 0 Å². The topological polar surface area (TPSA) is 9.23 Å². The second-order valence-electron chi connectivity index (χ2n) is 5.85. The van der Waals surface area contributed by atoms with Gasteiger partial charge < -0.3 is 4.12 Å². The molecule has 0 aliphatic heterocycles. The van der Waals surface area contributed by atoms with Crippen LogP contribution in [0.15, 0.2) is 0 Å². The van der Waals surface area contributed by atoms with Gasteiger partial charge in [0.1, 0.15) is 10.5 Å². The average Bonchev–Trinajstić information content (AvgIpc) is 2.00. The van der Waals surface area contributed by atoms with Crippen LogP contribution in [0.5, 0.6) is 0 Å². The van der Waals surface area contributed by atoms with Crippen molar-refractivity contribution in [2.75, 3.05) is 0 Å². The summed E-state index contributed by atoms with van der Waals surface area (Å²) in [6.07, 6.45) is 9.42. The van der Waals surface area contributed by atoms with Gasteiger partial charge in [-0.05, 0) is 61.3 Å². The van der Waals surface area contributed by atoms with Gasteiger partial charge in [-0.3, -0.25) is 0 Å². The Morgan fingerprint density at radius 3 is 1.85 bits per heavy atom. The summed E-state index contributed by atoms with van der Waals surface area (Å²) in [7, 11) is 0.846. The molecule has 4 rings (SSSR count). The van der Waals surface area contributed by atoms with E-state index in [1.807, 2.05) is 0 Å². The predicted molar refractivity (Wildman–Crippen MR) is 60.4 cm³/mol. The SMILES string of the molecule is [SiH3]O[SiH2]C12CC3CC(CC(C3)C1)C2. The van der Waals surface area contributed by atoms with Crippen LogP contribution in [0.1, 0.15) is 38.5 Å². The predicted octanol–water partition coefficient (Wildman–Crippen LogP) is 0.756. The molecule has 0 amide bonds. The van der Waals surface area contributed by atoms with E-state index in [-0.39, 0.29) is 9.76 Å². The van der Waals surface area contributed by atoms with E-state index in [1.54, 1.807) is 38.5 Å². The monoisotopic (exact) mass is 212 g/mol. The normalized spacial score (nSPS) is 54.0. The maximum absolute atomic E-state index is 5.70. The van der Waals surface area contributed by atoms with E-state index in [0.717, 1.165) is 33.3 Å². The van der Waals surface area contributed by atoms with Crippen molar-refractivity contribution in [3.05, 3.63) is 0 Å². The minimum absolute atomic E-state index is 0.151. The quantitative estimate of drug-likeness (QED) is 0.614. The van der Waals surface area contributed by atoms with Crippen LogP contribution in [-0.4, -0.2) is 20.2 Å². The van der Waals surface area contributed by atoms with Gasteiger partial charge in [0.15, 0.2) is 9.76 Å². The van der Waals surface area contributed by atoms with Gasteiger partial charge in [-0.2, -0.15) is 0 Å². The minimum atomic E-state index is -0.151. The molecule has 0 aromatic heterocycles. The first kappa shape index (κ1) is 8.68. The Morgan fingerprint density at radius 1 is 1.00 bits per heavy atom. The van der Waals surface area contributed by atoms with Gasteiger partial charge in [0.2, 0.25) is 0 Å². The highest BCUT2D eigenvalue weighted by Gasteiger charge is 2.50. The van der Waals surface area contributed by atoms with Gasteiger partial charge >= 0.3 is 0 Å². The van der Waals surface area contributed by atoms with E-state index < -0.39 is 0 Å². The van der Waals surface area contributed by atoms with Crippen LogP contribution in [0.3, 0.4) is 0 Å². The standard InChI is InChI=1S/C10H20OSi2/c12-11-13-10-4-7-1-8(5-10)3-9(2-7)6-10/h7-9H,1-6,13H2,12H3. The lowest BCUT2D eigenvalue weighted by atomic mass is 9.56. The Bertz CT molecular complexity index is 182. The smallest absolute Gasteiger partial charge is 0.151 e. The summed E-state index contributed by atoms with van der Waals surface area (Å²) in [5.41, 5.74) is 0. The lowest BCUT2D eigenvalue weighted by Gasteiger charge is -2.56. The molecule has 4 saturated carbocycles. The van der Waals surface area contributed by atoms with E-state index in [1.165, 1.54) is 0 Å². The summed E-state index contributed by atoms with van der Waals surface area (Å²) in [5.74, 6) is 3.36. The van der Waals surface area contributed by atoms with Gasteiger partial charge in [0.25, 0.3) is 0 Å². The maximum atomic E-state index is 5.70. The number of rotatable bonds is 2. The van der Waals surface area contributed by atoms with E-state index in [4.69, 9.17) is 4.12 Å². The molecule has 0 N–H and O–H groups in total. The fourth-order valence-corrected chi connectivity index (χ4v) is 8.80. The van der Waals surface area contributed by atoms with Crippen LogP contribution in [0.25, 0.3) is 0 Å². The highest BCUT2D eigenvalue weighted by Crippen LogP contribution is 2.63. The first-order chi connectivity index (χ1) is 6.30. The van der Waals surface area contributed by atoms with Crippen LogP contribution in [0, 0.1) is 17.8 Å². The van der Waals surface area contributed by atoms with Crippen molar-refractivity contribution in [3.8, 4) is 0 Å². The molecule has 4 bridgehead atoms. The van der Waals surface area contributed by atoms with Crippen LogP contribution in [-0.2, 0) is 4.12 Å².